The van der Waals surface area contributed by atoms with E-state index in [2.05, 4.69) is 12.1 Å². The van der Waals surface area contributed by atoms with Crippen LogP contribution in [0.25, 0.3) is 0 Å². The van der Waals surface area contributed by atoms with Gasteiger partial charge in [0.05, 0.1) is 12.1 Å². The summed E-state index contributed by atoms with van der Waals surface area (Å²) in [6.45, 7) is 0. The lowest BCUT2D eigenvalue weighted by atomic mass is 9.61. The van der Waals surface area contributed by atoms with Crippen LogP contribution >= 0.6 is 0 Å². The van der Waals surface area contributed by atoms with Crippen molar-refractivity contribution in [2.24, 2.45) is 23.7 Å². The number of nitriles is 2. The molecule has 4 aliphatic rings. The van der Waals surface area contributed by atoms with Gasteiger partial charge in [0.1, 0.15) is 0 Å². The van der Waals surface area contributed by atoms with Crippen molar-refractivity contribution in [2.45, 2.75) is 25.7 Å². The number of allylic oxidation sites excluding steroid dienone is 2. The van der Waals surface area contributed by atoms with Crippen molar-refractivity contribution in [1.29, 1.82) is 10.5 Å². The SMILES string of the molecule is N#CC1=C(C#N)C2C3CCC2CC1C3. The molecule has 0 spiro atoms. The summed E-state index contributed by atoms with van der Waals surface area (Å²) < 4.78 is 0. The molecule has 0 aromatic heterocycles. The van der Waals surface area contributed by atoms with E-state index in [0.29, 0.717) is 11.8 Å². The molecule has 2 atom stereocenters. The average Bonchev–Trinajstić information content (AvgIpc) is 2.51. The minimum atomic E-state index is 0.428. The van der Waals surface area contributed by atoms with Gasteiger partial charge in [0.15, 0.2) is 0 Å². The molecule has 0 aromatic carbocycles. The van der Waals surface area contributed by atoms with Crippen LogP contribution in [0.2, 0.25) is 0 Å². The number of hydrogen-bond donors (Lipinski definition) is 0. The highest BCUT2D eigenvalue weighted by atomic mass is 14.5. The molecule has 0 N–H and O–H groups in total. The molecule has 4 aliphatic carbocycles. The summed E-state index contributed by atoms with van der Waals surface area (Å²) in [5.41, 5.74) is 1.68. The molecule has 0 amide bonds. The van der Waals surface area contributed by atoms with Gasteiger partial charge >= 0.3 is 0 Å². The van der Waals surface area contributed by atoms with E-state index in [1.54, 1.807) is 0 Å². The van der Waals surface area contributed by atoms with Crippen molar-refractivity contribution in [3.05, 3.63) is 11.1 Å². The van der Waals surface area contributed by atoms with Gasteiger partial charge in [0.25, 0.3) is 0 Å². The lowest BCUT2D eigenvalue weighted by Crippen LogP contribution is -2.34. The van der Waals surface area contributed by atoms with Gasteiger partial charge in [-0.1, -0.05) is 0 Å². The van der Waals surface area contributed by atoms with Crippen molar-refractivity contribution in [3.63, 3.8) is 0 Å². The fraction of sp³-hybridized carbons (Fsp3) is 0.667. The van der Waals surface area contributed by atoms with E-state index in [-0.39, 0.29) is 0 Å². The van der Waals surface area contributed by atoms with E-state index >= 15 is 0 Å². The lowest BCUT2D eigenvalue weighted by molar-refractivity contribution is 0.196. The third-order valence-electron chi connectivity index (χ3n) is 4.37. The van der Waals surface area contributed by atoms with Crippen LogP contribution in [0.1, 0.15) is 25.7 Å². The molecule has 70 valence electrons. The van der Waals surface area contributed by atoms with Crippen LogP contribution in [0.3, 0.4) is 0 Å². The van der Waals surface area contributed by atoms with E-state index in [1.807, 2.05) is 0 Å². The van der Waals surface area contributed by atoms with E-state index in [9.17, 15) is 0 Å². The molecule has 2 fully saturated rings. The summed E-state index contributed by atoms with van der Waals surface area (Å²) in [5.74, 6) is 2.34. The van der Waals surface area contributed by atoms with Crippen molar-refractivity contribution in [3.8, 4) is 12.1 Å². The van der Waals surface area contributed by atoms with Crippen LogP contribution in [0, 0.1) is 46.3 Å². The quantitative estimate of drug-likeness (QED) is 0.580. The zero-order valence-corrected chi connectivity index (χ0v) is 8.03. The number of rotatable bonds is 0. The first-order valence-corrected chi connectivity index (χ1v) is 5.39. The Morgan fingerprint density at radius 3 is 2.00 bits per heavy atom. The maximum absolute atomic E-state index is 9.12. The third-order valence-corrected chi connectivity index (χ3v) is 4.37. The van der Waals surface area contributed by atoms with E-state index in [4.69, 9.17) is 10.5 Å². The summed E-state index contributed by atoms with van der Waals surface area (Å²) in [6.07, 6.45) is 4.93. The Morgan fingerprint density at radius 1 is 0.929 bits per heavy atom. The van der Waals surface area contributed by atoms with E-state index in [1.165, 1.54) is 25.7 Å². The van der Waals surface area contributed by atoms with Gasteiger partial charge in [-0.25, -0.2) is 0 Å². The Morgan fingerprint density at radius 2 is 1.50 bits per heavy atom. The predicted octanol–water partition coefficient (Wildman–Crippen LogP) is 2.40. The summed E-state index contributed by atoms with van der Waals surface area (Å²) in [4.78, 5) is 0. The van der Waals surface area contributed by atoms with Crippen molar-refractivity contribution >= 4 is 0 Å². The van der Waals surface area contributed by atoms with Gasteiger partial charge in [-0.15, -0.1) is 0 Å². The fourth-order valence-electron chi connectivity index (χ4n) is 3.92. The van der Waals surface area contributed by atoms with Gasteiger partial charge in [-0.2, -0.15) is 10.5 Å². The molecule has 2 unspecified atom stereocenters. The molecule has 0 saturated heterocycles. The fourth-order valence-corrected chi connectivity index (χ4v) is 3.92. The Kier molecular flexibility index (Phi) is 1.50. The van der Waals surface area contributed by atoms with Crippen molar-refractivity contribution in [1.82, 2.24) is 0 Å². The zero-order valence-electron chi connectivity index (χ0n) is 8.03. The Balaban J connectivity index is 2.15. The van der Waals surface area contributed by atoms with Crippen LogP contribution in [-0.2, 0) is 0 Å². The normalized spacial score (nSPS) is 43.6. The van der Waals surface area contributed by atoms with Crippen LogP contribution in [0.15, 0.2) is 11.1 Å². The topological polar surface area (TPSA) is 47.6 Å². The monoisotopic (exact) mass is 184 g/mol. The molecule has 0 aliphatic heterocycles. The van der Waals surface area contributed by atoms with Gasteiger partial charge in [0.2, 0.25) is 0 Å². The van der Waals surface area contributed by atoms with Gasteiger partial charge in [0, 0.05) is 17.1 Å². The van der Waals surface area contributed by atoms with Crippen LogP contribution < -0.4 is 0 Å². The predicted molar refractivity (Wildman–Crippen MR) is 50.7 cm³/mol. The largest absolute Gasteiger partial charge is 0.193 e. The van der Waals surface area contributed by atoms with Gasteiger partial charge in [-0.05, 0) is 43.4 Å². The maximum atomic E-state index is 9.12. The molecule has 0 radical (unpaired) electrons. The lowest BCUT2D eigenvalue weighted by Gasteiger charge is -2.41. The van der Waals surface area contributed by atoms with Crippen LogP contribution in [0.5, 0.6) is 0 Å². The first-order chi connectivity index (χ1) is 6.85. The molecule has 14 heavy (non-hydrogen) atoms. The van der Waals surface area contributed by atoms with Gasteiger partial charge in [-0.3, -0.25) is 0 Å². The summed E-state index contributed by atoms with van der Waals surface area (Å²) in [6, 6.07) is 4.56. The number of hydrogen-bond acceptors (Lipinski definition) is 2. The number of nitrogens with zero attached hydrogens (tertiary/aromatic N) is 2. The minimum absolute atomic E-state index is 0.428. The molecule has 0 heterocycles. The molecule has 2 heteroatoms. The highest BCUT2D eigenvalue weighted by Gasteiger charge is 2.50. The molecule has 4 bridgehead atoms. The smallest absolute Gasteiger partial charge is 0.0960 e. The summed E-state index contributed by atoms with van der Waals surface area (Å²) in [5, 5.41) is 18.2. The summed E-state index contributed by atoms with van der Waals surface area (Å²) >= 11 is 0. The standard InChI is InChI=1S/C12H12N2/c13-5-10-9-3-7-1-2-8(4-9)12(7)11(10)6-14/h7-9,12H,1-4H2. The molecule has 0 aromatic rings. The minimum Gasteiger partial charge on any atom is -0.193 e. The molecular weight excluding hydrogens is 172 g/mol. The highest BCUT2D eigenvalue weighted by Crippen LogP contribution is 2.58. The van der Waals surface area contributed by atoms with Crippen LogP contribution in [-0.4, -0.2) is 0 Å². The maximum Gasteiger partial charge on any atom is 0.0960 e. The first kappa shape index (κ1) is 8.06. The first-order valence-electron chi connectivity index (χ1n) is 5.39. The molecule has 2 saturated carbocycles. The van der Waals surface area contributed by atoms with Gasteiger partial charge < -0.3 is 0 Å². The average molecular weight is 184 g/mol. The Bertz CT molecular complexity index is 380. The van der Waals surface area contributed by atoms with E-state index < -0.39 is 0 Å². The van der Waals surface area contributed by atoms with E-state index in [0.717, 1.165) is 23.0 Å². The Labute approximate surface area is 83.8 Å². The second-order valence-corrected chi connectivity index (χ2v) is 4.84. The molecule has 2 nitrogen and oxygen atoms in total. The zero-order chi connectivity index (χ0) is 9.71. The highest BCUT2D eigenvalue weighted by molar-refractivity contribution is 5.45. The second kappa shape index (κ2) is 2.61. The van der Waals surface area contributed by atoms with Crippen molar-refractivity contribution < 1.29 is 0 Å². The Hall–Kier alpha value is -1.28. The van der Waals surface area contributed by atoms with Crippen molar-refractivity contribution in [2.75, 3.05) is 0 Å². The molecular formula is C12H12N2. The summed E-state index contributed by atoms with van der Waals surface area (Å²) in [7, 11) is 0. The molecule has 4 rings (SSSR count). The van der Waals surface area contributed by atoms with Crippen LogP contribution in [0.4, 0.5) is 0 Å². The second-order valence-electron chi connectivity index (χ2n) is 4.84. The third kappa shape index (κ3) is 0.794.